The molecule has 144 valence electrons. The molecule has 2 rings (SSSR count). The number of aromatic nitrogens is 1. The maximum Gasteiger partial charge on any atom is 0.191 e. The van der Waals surface area contributed by atoms with Crippen LogP contribution < -0.4 is 10.6 Å². The zero-order chi connectivity index (χ0) is 17.4. The van der Waals surface area contributed by atoms with Crippen molar-refractivity contribution in [2.75, 3.05) is 26.7 Å². The van der Waals surface area contributed by atoms with E-state index in [4.69, 9.17) is 4.52 Å². The molecule has 0 saturated carbocycles. The van der Waals surface area contributed by atoms with Gasteiger partial charge in [0.2, 0.25) is 0 Å². The van der Waals surface area contributed by atoms with E-state index in [9.17, 15) is 0 Å². The van der Waals surface area contributed by atoms with Crippen LogP contribution in [0.15, 0.2) is 15.6 Å². The van der Waals surface area contributed by atoms with Gasteiger partial charge in [0.15, 0.2) is 11.7 Å². The van der Waals surface area contributed by atoms with Crippen molar-refractivity contribution in [1.82, 2.24) is 20.7 Å². The molecule has 2 heterocycles. The standard InChI is InChI=1S/C18H33N5O.HI/c1-14(2)17-12-16(24-22-17)13-21-18(19-4)20-9-7-11-23-10-6-5-8-15(23)3;/h12,14-15H,5-11,13H2,1-4H3,(H2,19,20,21);1H. The van der Waals surface area contributed by atoms with E-state index in [1.165, 1.54) is 25.8 Å². The van der Waals surface area contributed by atoms with Crippen LogP contribution in [0.4, 0.5) is 0 Å². The lowest BCUT2D eigenvalue weighted by Crippen LogP contribution is -2.41. The zero-order valence-electron chi connectivity index (χ0n) is 16.0. The van der Waals surface area contributed by atoms with Crippen LogP contribution in [0.5, 0.6) is 0 Å². The Hall–Kier alpha value is -0.830. The third kappa shape index (κ3) is 7.52. The molecule has 1 unspecified atom stereocenters. The van der Waals surface area contributed by atoms with Crippen molar-refractivity contribution >= 4 is 29.9 Å². The smallest absolute Gasteiger partial charge is 0.191 e. The van der Waals surface area contributed by atoms with E-state index in [0.29, 0.717) is 12.5 Å². The third-order valence-corrected chi connectivity index (χ3v) is 4.68. The molecule has 0 amide bonds. The second kappa shape index (κ2) is 11.7. The maximum atomic E-state index is 5.34. The van der Waals surface area contributed by atoms with Crippen LogP contribution in [-0.2, 0) is 6.54 Å². The van der Waals surface area contributed by atoms with Gasteiger partial charge in [0.05, 0.1) is 12.2 Å². The molecule has 1 aliphatic heterocycles. The molecule has 7 heteroatoms. The van der Waals surface area contributed by atoms with Gasteiger partial charge in [-0.25, -0.2) is 0 Å². The Kier molecular flexibility index (Phi) is 10.4. The number of halogens is 1. The number of piperidine rings is 1. The summed E-state index contributed by atoms with van der Waals surface area (Å²) < 4.78 is 5.34. The molecular weight excluding hydrogens is 429 g/mol. The van der Waals surface area contributed by atoms with Crippen LogP contribution >= 0.6 is 24.0 Å². The van der Waals surface area contributed by atoms with Gasteiger partial charge in [0.25, 0.3) is 0 Å². The molecular formula is C18H34IN5O. The number of rotatable bonds is 7. The van der Waals surface area contributed by atoms with Gasteiger partial charge in [-0.3, -0.25) is 4.99 Å². The van der Waals surface area contributed by atoms with Crippen molar-refractivity contribution in [3.8, 4) is 0 Å². The van der Waals surface area contributed by atoms with Gasteiger partial charge in [-0.1, -0.05) is 25.4 Å². The Balaban J connectivity index is 0.00000312. The van der Waals surface area contributed by atoms with Gasteiger partial charge in [-0.05, 0) is 38.6 Å². The summed E-state index contributed by atoms with van der Waals surface area (Å²) in [5.41, 5.74) is 0.991. The molecule has 1 aromatic heterocycles. The molecule has 6 nitrogen and oxygen atoms in total. The Morgan fingerprint density at radius 1 is 1.40 bits per heavy atom. The van der Waals surface area contributed by atoms with Crippen molar-refractivity contribution < 1.29 is 4.52 Å². The Bertz CT molecular complexity index is 517. The van der Waals surface area contributed by atoms with Gasteiger partial charge in [0, 0.05) is 32.2 Å². The molecule has 1 fully saturated rings. The Labute approximate surface area is 169 Å². The molecule has 25 heavy (non-hydrogen) atoms. The summed E-state index contributed by atoms with van der Waals surface area (Å²) in [7, 11) is 1.79. The minimum absolute atomic E-state index is 0. The topological polar surface area (TPSA) is 65.7 Å². The quantitative estimate of drug-likeness (QED) is 0.281. The Morgan fingerprint density at radius 3 is 2.84 bits per heavy atom. The number of guanidine groups is 1. The van der Waals surface area contributed by atoms with Crippen LogP contribution in [0.2, 0.25) is 0 Å². The number of nitrogens with one attached hydrogen (secondary N) is 2. The van der Waals surface area contributed by atoms with Crippen LogP contribution in [0.3, 0.4) is 0 Å². The molecule has 1 aromatic rings. The first-order valence-electron chi connectivity index (χ1n) is 9.24. The van der Waals surface area contributed by atoms with E-state index in [1.54, 1.807) is 7.05 Å². The van der Waals surface area contributed by atoms with Crippen molar-refractivity contribution in [3.63, 3.8) is 0 Å². The van der Waals surface area contributed by atoms with Crippen molar-refractivity contribution in [1.29, 1.82) is 0 Å². The number of likely N-dealkylation sites (tertiary alicyclic amines) is 1. The highest BCUT2D eigenvalue weighted by molar-refractivity contribution is 14.0. The fraction of sp³-hybridized carbons (Fsp3) is 0.778. The van der Waals surface area contributed by atoms with Gasteiger partial charge in [-0.2, -0.15) is 0 Å². The number of hydrogen-bond donors (Lipinski definition) is 2. The SMILES string of the molecule is CN=C(NCCCN1CCCCC1C)NCc1cc(C(C)C)no1.I. The van der Waals surface area contributed by atoms with Crippen LogP contribution in [-0.4, -0.2) is 48.7 Å². The van der Waals surface area contributed by atoms with Crippen molar-refractivity contribution in [3.05, 3.63) is 17.5 Å². The lowest BCUT2D eigenvalue weighted by Gasteiger charge is -2.33. The highest BCUT2D eigenvalue weighted by Crippen LogP contribution is 2.16. The predicted octanol–water partition coefficient (Wildman–Crippen LogP) is 3.35. The molecule has 1 atom stereocenters. The molecule has 0 bridgehead atoms. The van der Waals surface area contributed by atoms with Crippen LogP contribution in [0.25, 0.3) is 0 Å². The highest BCUT2D eigenvalue weighted by Gasteiger charge is 2.17. The minimum Gasteiger partial charge on any atom is -0.359 e. The molecule has 2 N–H and O–H groups in total. The number of hydrogen-bond acceptors (Lipinski definition) is 4. The van der Waals surface area contributed by atoms with Crippen molar-refractivity contribution in [2.45, 2.75) is 65.0 Å². The van der Waals surface area contributed by atoms with Gasteiger partial charge in [0.1, 0.15) is 0 Å². The van der Waals surface area contributed by atoms with E-state index in [2.05, 4.69) is 46.5 Å². The minimum atomic E-state index is 0. The fourth-order valence-corrected chi connectivity index (χ4v) is 3.05. The summed E-state index contributed by atoms with van der Waals surface area (Å²) in [6, 6.07) is 2.74. The molecule has 0 spiro atoms. The monoisotopic (exact) mass is 463 g/mol. The normalized spacial score (nSPS) is 18.9. The fourth-order valence-electron chi connectivity index (χ4n) is 3.05. The van der Waals surface area contributed by atoms with Gasteiger partial charge >= 0.3 is 0 Å². The van der Waals surface area contributed by atoms with Crippen LogP contribution in [0.1, 0.15) is 63.8 Å². The summed E-state index contributed by atoms with van der Waals surface area (Å²) in [5, 5.41) is 10.7. The van der Waals surface area contributed by atoms with E-state index in [0.717, 1.165) is 43.0 Å². The molecule has 1 aliphatic rings. The Morgan fingerprint density at radius 2 is 2.20 bits per heavy atom. The average Bonchev–Trinajstić information content (AvgIpc) is 3.05. The largest absolute Gasteiger partial charge is 0.359 e. The lowest BCUT2D eigenvalue weighted by molar-refractivity contribution is 0.159. The molecule has 0 aliphatic carbocycles. The molecule has 0 aromatic carbocycles. The first kappa shape index (κ1) is 22.2. The second-order valence-corrected chi connectivity index (χ2v) is 6.96. The first-order chi connectivity index (χ1) is 11.6. The molecule has 0 radical (unpaired) electrons. The number of nitrogens with zero attached hydrogens (tertiary/aromatic N) is 3. The number of aliphatic imine (C=N–C) groups is 1. The summed E-state index contributed by atoms with van der Waals surface area (Å²) in [6.45, 7) is 10.5. The molecule has 1 saturated heterocycles. The van der Waals surface area contributed by atoms with E-state index >= 15 is 0 Å². The summed E-state index contributed by atoms with van der Waals surface area (Å²) in [4.78, 5) is 6.86. The van der Waals surface area contributed by atoms with E-state index < -0.39 is 0 Å². The van der Waals surface area contributed by atoms with Gasteiger partial charge < -0.3 is 20.1 Å². The summed E-state index contributed by atoms with van der Waals surface area (Å²) in [6.07, 6.45) is 5.19. The maximum absolute atomic E-state index is 5.34. The van der Waals surface area contributed by atoms with Crippen LogP contribution in [0, 0.1) is 0 Å². The van der Waals surface area contributed by atoms with Crippen molar-refractivity contribution in [2.24, 2.45) is 4.99 Å². The highest BCUT2D eigenvalue weighted by atomic mass is 127. The van der Waals surface area contributed by atoms with E-state index in [1.807, 2.05) is 6.07 Å². The second-order valence-electron chi connectivity index (χ2n) is 6.96. The van der Waals surface area contributed by atoms with Gasteiger partial charge in [-0.15, -0.1) is 24.0 Å². The summed E-state index contributed by atoms with van der Waals surface area (Å²) in [5.74, 6) is 2.03. The summed E-state index contributed by atoms with van der Waals surface area (Å²) >= 11 is 0. The third-order valence-electron chi connectivity index (χ3n) is 4.68. The zero-order valence-corrected chi connectivity index (χ0v) is 18.4. The average molecular weight is 463 g/mol. The lowest BCUT2D eigenvalue weighted by atomic mass is 10.0. The van der Waals surface area contributed by atoms with E-state index in [-0.39, 0.29) is 24.0 Å². The first-order valence-corrected chi connectivity index (χ1v) is 9.24. The predicted molar refractivity (Wildman–Crippen MR) is 114 cm³/mol.